The zero-order valence-corrected chi connectivity index (χ0v) is 20.8. The Bertz CT molecular complexity index is 1320. The zero-order valence-electron chi connectivity index (χ0n) is 17.7. The first-order valence-electron chi connectivity index (χ1n) is 10.00. The minimum atomic E-state index is -0.714. The van der Waals surface area contributed by atoms with Gasteiger partial charge in [0.25, 0.3) is 5.91 Å². The number of rotatable bonds is 8. The first-order chi connectivity index (χ1) is 16.3. The van der Waals surface area contributed by atoms with Crippen molar-refractivity contribution in [3.05, 3.63) is 110 Å². The summed E-state index contributed by atoms with van der Waals surface area (Å²) in [6.07, 6.45) is 3.63. The molecule has 0 aliphatic heterocycles. The Morgan fingerprint density at radius 1 is 1.18 bits per heavy atom. The molecule has 0 bridgehead atoms. The van der Waals surface area contributed by atoms with E-state index in [-0.39, 0.29) is 17.9 Å². The van der Waals surface area contributed by atoms with E-state index in [0.717, 1.165) is 11.1 Å². The molecule has 0 aliphatic carbocycles. The number of amides is 1. The molecule has 172 valence electrons. The summed E-state index contributed by atoms with van der Waals surface area (Å²) in [5, 5.41) is 12.8. The van der Waals surface area contributed by atoms with Gasteiger partial charge in [-0.3, -0.25) is 4.79 Å². The third kappa shape index (κ3) is 6.48. The molecule has 0 saturated carbocycles. The molecule has 0 aromatic heterocycles. The van der Waals surface area contributed by atoms with Gasteiger partial charge < -0.3 is 10.1 Å². The van der Waals surface area contributed by atoms with Crippen LogP contribution < -0.4 is 10.1 Å². The van der Waals surface area contributed by atoms with Crippen LogP contribution in [0, 0.1) is 17.1 Å². The molecule has 34 heavy (non-hydrogen) atoms. The van der Waals surface area contributed by atoms with Crippen LogP contribution in [-0.4, -0.2) is 5.91 Å². The lowest BCUT2D eigenvalue weighted by Gasteiger charge is -2.14. The van der Waals surface area contributed by atoms with E-state index in [1.807, 2.05) is 12.1 Å². The van der Waals surface area contributed by atoms with Crippen molar-refractivity contribution in [3.63, 3.8) is 0 Å². The number of benzene rings is 3. The van der Waals surface area contributed by atoms with Crippen LogP contribution in [0.4, 0.5) is 10.1 Å². The highest BCUT2D eigenvalue weighted by atomic mass is 79.9. The highest BCUT2D eigenvalue weighted by Gasteiger charge is 2.15. The summed E-state index contributed by atoms with van der Waals surface area (Å²) in [4.78, 5) is 12.5. The van der Waals surface area contributed by atoms with Crippen LogP contribution >= 0.6 is 39.1 Å². The number of hydrogen-bond acceptors (Lipinski definition) is 3. The van der Waals surface area contributed by atoms with Gasteiger partial charge in [0.15, 0.2) is 0 Å². The van der Waals surface area contributed by atoms with Gasteiger partial charge in [-0.2, -0.15) is 5.26 Å². The van der Waals surface area contributed by atoms with Crippen LogP contribution in [0.25, 0.3) is 6.08 Å². The Balaban J connectivity index is 1.86. The van der Waals surface area contributed by atoms with E-state index in [4.69, 9.17) is 27.9 Å². The Morgan fingerprint density at radius 3 is 2.62 bits per heavy atom. The molecule has 8 heteroatoms. The Hall–Kier alpha value is -3.11. The highest BCUT2D eigenvalue weighted by Crippen LogP contribution is 2.33. The topological polar surface area (TPSA) is 62.1 Å². The lowest BCUT2D eigenvalue weighted by Crippen LogP contribution is -2.14. The predicted octanol–water partition coefficient (Wildman–Crippen LogP) is 7.75. The summed E-state index contributed by atoms with van der Waals surface area (Å²) in [7, 11) is 0. The van der Waals surface area contributed by atoms with Gasteiger partial charge in [0, 0.05) is 0 Å². The third-order valence-corrected chi connectivity index (χ3v) is 6.00. The summed E-state index contributed by atoms with van der Waals surface area (Å²) in [6.45, 7) is 4.04. The van der Waals surface area contributed by atoms with Gasteiger partial charge in [0.05, 0.1) is 20.2 Å². The highest BCUT2D eigenvalue weighted by molar-refractivity contribution is 9.10. The van der Waals surface area contributed by atoms with E-state index in [9.17, 15) is 14.4 Å². The molecule has 3 rings (SSSR count). The number of hydrogen-bond donors (Lipinski definition) is 1. The molecule has 3 aromatic carbocycles. The maximum absolute atomic E-state index is 13.9. The number of carbonyl (C=O) groups is 1. The van der Waals surface area contributed by atoms with E-state index in [2.05, 4.69) is 27.8 Å². The number of allylic oxidation sites excluding steroid dienone is 1. The maximum atomic E-state index is 13.9. The van der Waals surface area contributed by atoms with Crippen LogP contribution in [-0.2, 0) is 17.8 Å². The van der Waals surface area contributed by atoms with Crippen LogP contribution in [0.15, 0.2) is 77.3 Å². The van der Waals surface area contributed by atoms with Crippen LogP contribution in [0.1, 0.15) is 16.7 Å². The molecule has 0 atom stereocenters. The SMILES string of the molecule is C=CCc1cc(/C=C(/C#N)C(=O)Nc2ccccc2F)cc(Br)c1OCc1ccc(Cl)c(Cl)c1. The van der Waals surface area contributed by atoms with E-state index < -0.39 is 11.7 Å². The minimum absolute atomic E-state index is 0.00627. The number of anilines is 1. The standard InChI is InChI=1S/C26H18BrCl2FN2O2/c1-2-5-18-10-17(11-19(14-31)26(33)32-24-7-4-3-6-23(24)30)12-20(27)25(18)34-15-16-8-9-21(28)22(29)13-16/h2-4,6-13H,1,5,15H2,(H,32,33)/b19-11-. The van der Waals surface area contributed by atoms with Crippen molar-refractivity contribution in [3.8, 4) is 11.8 Å². The normalized spacial score (nSPS) is 11.0. The third-order valence-electron chi connectivity index (χ3n) is 4.67. The second kappa shape index (κ2) is 11.8. The Labute approximate surface area is 215 Å². The zero-order chi connectivity index (χ0) is 24.7. The van der Waals surface area contributed by atoms with Gasteiger partial charge in [0.2, 0.25) is 0 Å². The predicted molar refractivity (Wildman–Crippen MR) is 137 cm³/mol. The summed E-state index contributed by atoms with van der Waals surface area (Å²) >= 11 is 15.6. The van der Waals surface area contributed by atoms with Crippen LogP contribution in [0.3, 0.4) is 0 Å². The number of nitrogens with zero attached hydrogens (tertiary/aromatic N) is 1. The molecule has 0 heterocycles. The first-order valence-corrected chi connectivity index (χ1v) is 11.5. The fourth-order valence-corrected chi connectivity index (χ4v) is 4.03. The van der Waals surface area contributed by atoms with E-state index >= 15 is 0 Å². The summed E-state index contributed by atoms with van der Waals surface area (Å²) in [5.41, 5.74) is 2.04. The first kappa shape index (κ1) is 25.5. The second-order valence-corrected chi connectivity index (χ2v) is 8.79. The molecule has 1 N–H and O–H groups in total. The number of para-hydroxylation sites is 1. The van der Waals surface area contributed by atoms with Gasteiger partial charge in [-0.15, -0.1) is 6.58 Å². The summed E-state index contributed by atoms with van der Waals surface area (Å²) < 4.78 is 20.5. The molecule has 0 unspecified atom stereocenters. The summed E-state index contributed by atoms with van der Waals surface area (Å²) in [5.74, 6) is -0.709. The van der Waals surface area contributed by atoms with Crippen molar-refractivity contribution in [1.82, 2.24) is 0 Å². The quantitative estimate of drug-likeness (QED) is 0.174. The minimum Gasteiger partial charge on any atom is -0.487 e. The van der Waals surface area contributed by atoms with Crippen molar-refractivity contribution in [2.75, 3.05) is 5.32 Å². The molecule has 4 nitrogen and oxygen atoms in total. The number of carbonyl (C=O) groups excluding carboxylic acids is 1. The number of nitriles is 1. The fraction of sp³-hybridized carbons (Fsp3) is 0.0769. The lowest BCUT2D eigenvalue weighted by molar-refractivity contribution is -0.112. The second-order valence-electron chi connectivity index (χ2n) is 7.12. The van der Waals surface area contributed by atoms with Gasteiger partial charge >= 0.3 is 0 Å². The van der Waals surface area contributed by atoms with Crippen molar-refractivity contribution in [2.24, 2.45) is 0 Å². The molecule has 0 radical (unpaired) electrons. The van der Waals surface area contributed by atoms with Crippen molar-refractivity contribution < 1.29 is 13.9 Å². The smallest absolute Gasteiger partial charge is 0.266 e. The van der Waals surface area contributed by atoms with E-state index in [1.54, 1.807) is 36.4 Å². The molecule has 0 spiro atoms. The van der Waals surface area contributed by atoms with Crippen LogP contribution in [0.5, 0.6) is 5.75 Å². The molecule has 0 saturated heterocycles. The van der Waals surface area contributed by atoms with E-state index in [1.165, 1.54) is 24.3 Å². The molecular weight excluding hydrogens is 542 g/mol. The van der Waals surface area contributed by atoms with Gasteiger partial charge in [-0.25, -0.2) is 4.39 Å². The van der Waals surface area contributed by atoms with Crippen molar-refractivity contribution in [1.29, 1.82) is 5.26 Å². The Morgan fingerprint density at radius 2 is 1.94 bits per heavy atom. The number of halogens is 4. The average molecular weight is 560 g/mol. The largest absolute Gasteiger partial charge is 0.487 e. The van der Waals surface area contributed by atoms with Crippen LogP contribution in [0.2, 0.25) is 10.0 Å². The Kier molecular flexibility index (Phi) is 8.89. The molecular formula is C26H18BrCl2FN2O2. The van der Waals surface area contributed by atoms with E-state index in [0.29, 0.717) is 32.3 Å². The lowest BCUT2D eigenvalue weighted by atomic mass is 10.0. The maximum Gasteiger partial charge on any atom is 0.266 e. The monoisotopic (exact) mass is 558 g/mol. The number of nitrogens with one attached hydrogen (secondary N) is 1. The molecule has 1 amide bonds. The summed E-state index contributed by atoms with van der Waals surface area (Å²) in [6, 6.07) is 16.4. The van der Waals surface area contributed by atoms with Gasteiger partial charge in [0.1, 0.15) is 29.8 Å². The van der Waals surface area contributed by atoms with Crippen molar-refractivity contribution >= 4 is 56.8 Å². The molecule has 0 aliphatic rings. The van der Waals surface area contributed by atoms with Gasteiger partial charge in [-0.05, 0) is 81.5 Å². The molecule has 3 aromatic rings. The van der Waals surface area contributed by atoms with Crippen molar-refractivity contribution in [2.45, 2.75) is 13.0 Å². The fourth-order valence-electron chi connectivity index (χ4n) is 3.08. The number of ether oxygens (including phenoxy) is 1. The molecule has 0 fully saturated rings. The average Bonchev–Trinajstić information content (AvgIpc) is 2.80. The van der Waals surface area contributed by atoms with Gasteiger partial charge in [-0.1, -0.05) is 47.5 Å².